The van der Waals surface area contributed by atoms with Crippen molar-refractivity contribution in [1.29, 1.82) is 0 Å². The maximum absolute atomic E-state index is 5.58. The Kier molecular flexibility index (Phi) is 3.52. The molecule has 1 saturated carbocycles. The van der Waals surface area contributed by atoms with Gasteiger partial charge in [0.15, 0.2) is 0 Å². The van der Waals surface area contributed by atoms with Gasteiger partial charge in [-0.25, -0.2) is 0 Å². The molecule has 0 unspecified atom stereocenters. The fourth-order valence-electron chi connectivity index (χ4n) is 2.31. The van der Waals surface area contributed by atoms with E-state index in [2.05, 4.69) is 27.0 Å². The molecular weight excluding hydrogens is 228 g/mol. The monoisotopic (exact) mass is 250 g/mol. The molecule has 0 bridgehead atoms. The first-order valence-corrected chi connectivity index (χ1v) is 7.00. The number of oxazole rings is 1. The van der Waals surface area contributed by atoms with Crippen molar-refractivity contribution in [2.45, 2.75) is 32.4 Å². The highest BCUT2D eigenvalue weighted by molar-refractivity contribution is 5.28. The number of hydrogen-bond donors (Lipinski definition) is 1. The molecule has 5 heteroatoms. The molecule has 2 fully saturated rings. The van der Waals surface area contributed by atoms with E-state index in [0.29, 0.717) is 0 Å². The summed E-state index contributed by atoms with van der Waals surface area (Å²) >= 11 is 0. The number of nitrogens with zero attached hydrogens (tertiary/aromatic N) is 3. The molecule has 1 saturated heterocycles. The van der Waals surface area contributed by atoms with Crippen molar-refractivity contribution in [3.63, 3.8) is 0 Å². The zero-order chi connectivity index (χ0) is 12.4. The Balaban J connectivity index is 1.52. The van der Waals surface area contributed by atoms with Gasteiger partial charge in [-0.05, 0) is 19.4 Å². The lowest BCUT2D eigenvalue weighted by atomic mass is 10.3. The lowest BCUT2D eigenvalue weighted by molar-refractivity contribution is 0.265. The van der Waals surface area contributed by atoms with E-state index < -0.39 is 0 Å². The van der Waals surface area contributed by atoms with Crippen molar-refractivity contribution in [3.8, 4) is 0 Å². The van der Waals surface area contributed by atoms with Gasteiger partial charge in [-0.1, -0.05) is 6.92 Å². The third-order valence-electron chi connectivity index (χ3n) is 3.78. The highest BCUT2D eigenvalue weighted by Crippen LogP contribution is 2.20. The van der Waals surface area contributed by atoms with Crippen LogP contribution in [-0.4, -0.2) is 48.6 Å². The van der Waals surface area contributed by atoms with Gasteiger partial charge in [0.1, 0.15) is 6.26 Å². The van der Waals surface area contributed by atoms with Crippen LogP contribution in [0.3, 0.4) is 0 Å². The van der Waals surface area contributed by atoms with Crippen LogP contribution in [0.2, 0.25) is 0 Å². The maximum atomic E-state index is 5.58. The van der Waals surface area contributed by atoms with Crippen molar-refractivity contribution in [2.75, 3.05) is 37.6 Å². The molecule has 0 spiro atoms. The van der Waals surface area contributed by atoms with Crippen LogP contribution in [0.15, 0.2) is 10.7 Å². The highest BCUT2D eigenvalue weighted by atomic mass is 16.4. The van der Waals surface area contributed by atoms with E-state index in [1.165, 1.54) is 12.8 Å². The van der Waals surface area contributed by atoms with Crippen LogP contribution in [-0.2, 0) is 6.54 Å². The van der Waals surface area contributed by atoms with Gasteiger partial charge in [0.25, 0.3) is 6.01 Å². The fourth-order valence-corrected chi connectivity index (χ4v) is 2.31. The Morgan fingerprint density at radius 2 is 2.11 bits per heavy atom. The van der Waals surface area contributed by atoms with Gasteiger partial charge in [0.2, 0.25) is 0 Å². The summed E-state index contributed by atoms with van der Waals surface area (Å²) in [4.78, 5) is 9.26. The van der Waals surface area contributed by atoms with Crippen molar-refractivity contribution >= 4 is 6.01 Å². The molecule has 2 heterocycles. The maximum Gasteiger partial charge on any atom is 0.297 e. The van der Waals surface area contributed by atoms with E-state index >= 15 is 0 Å². The first-order chi connectivity index (χ1) is 8.85. The lowest BCUT2D eigenvalue weighted by Crippen LogP contribution is -2.46. The second-order valence-corrected chi connectivity index (χ2v) is 5.20. The van der Waals surface area contributed by atoms with E-state index in [-0.39, 0.29) is 0 Å². The minimum atomic E-state index is 0.721. The number of piperazine rings is 1. The highest BCUT2D eigenvalue weighted by Gasteiger charge is 2.22. The molecule has 100 valence electrons. The first kappa shape index (κ1) is 12.0. The number of nitrogens with one attached hydrogen (secondary N) is 1. The molecule has 1 aliphatic carbocycles. The minimum Gasteiger partial charge on any atom is -0.432 e. The molecule has 0 aromatic carbocycles. The van der Waals surface area contributed by atoms with Crippen LogP contribution in [0.25, 0.3) is 0 Å². The fraction of sp³-hybridized carbons (Fsp3) is 0.769. The predicted octanol–water partition coefficient (Wildman–Crippen LogP) is 1.07. The van der Waals surface area contributed by atoms with Gasteiger partial charge < -0.3 is 19.5 Å². The third kappa shape index (κ3) is 2.84. The summed E-state index contributed by atoms with van der Waals surface area (Å²) in [5.41, 5.74) is 1.02. The molecular formula is C13H22N4O. The van der Waals surface area contributed by atoms with E-state index in [1.807, 2.05) is 0 Å². The normalized spacial score (nSPS) is 21.5. The Morgan fingerprint density at radius 3 is 2.78 bits per heavy atom. The molecule has 2 aliphatic rings. The summed E-state index contributed by atoms with van der Waals surface area (Å²) in [6, 6.07) is 1.51. The summed E-state index contributed by atoms with van der Waals surface area (Å²) in [7, 11) is 0. The van der Waals surface area contributed by atoms with Crippen LogP contribution in [0.1, 0.15) is 25.5 Å². The average molecular weight is 250 g/mol. The van der Waals surface area contributed by atoms with Crippen molar-refractivity contribution in [1.82, 2.24) is 15.2 Å². The molecule has 18 heavy (non-hydrogen) atoms. The predicted molar refractivity (Wildman–Crippen MR) is 70.7 cm³/mol. The number of hydrogen-bond acceptors (Lipinski definition) is 5. The minimum absolute atomic E-state index is 0.721. The largest absolute Gasteiger partial charge is 0.432 e. The van der Waals surface area contributed by atoms with Crippen LogP contribution >= 0.6 is 0 Å². The lowest BCUT2D eigenvalue weighted by Gasteiger charge is -2.32. The molecule has 0 amide bonds. The summed E-state index contributed by atoms with van der Waals surface area (Å²) < 4.78 is 5.58. The molecule has 3 rings (SSSR count). The zero-order valence-corrected chi connectivity index (χ0v) is 11.1. The molecule has 1 N–H and O–H groups in total. The summed E-state index contributed by atoms with van der Waals surface area (Å²) in [6.45, 7) is 8.43. The summed E-state index contributed by atoms with van der Waals surface area (Å²) in [5, 5.41) is 3.46. The van der Waals surface area contributed by atoms with Crippen LogP contribution < -0.4 is 10.2 Å². The van der Waals surface area contributed by atoms with Gasteiger partial charge >= 0.3 is 0 Å². The van der Waals surface area contributed by atoms with Gasteiger partial charge in [-0.15, -0.1) is 0 Å². The van der Waals surface area contributed by atoms with Gasteiger partial charge in [0, 0.05) is 38.8 Å². The van der Waals surface area contributed by atoms with E-state index in [1.54, 1.807) is 6.26 Å². The third-order valence-corrected chi connectivity index (χ3v) is 3.78. The Labute approximate surface area is 108 Å². The van der Waals surface area contributed by atoms with Crippen LogP contribution in [0.5, 0.6) is 0 Å². The first-order valence-electron chi connectivity index (χ1n) is 7.00. The zero-order valence-electron chi connectivity index (χ0n) is 11.1. The topological polar surface area (TPSA) is 44.5 Å². The second-order valence-electron chi connectivity index (χ2n) is 5.20. The van der Waals surface area contributed by atoms with E-state index in [9.17, 15) is 0 Å². The standard InChI is InChI=1S/C13H22N4O/c1-2-16-5-7-17(8-6-16)13-15-12(10-18-13)9-14-11-3-4-11/h10-11,14H,2-9H2,1H3. The quantitative estimate of drug-likeness (QED) is 0.847. The van der Waals surface area contributed by atoms with E-state index in [0.717, 1.165) is 57.0 Å². The molecule has 0 radical (unpaired) electrons. The van der Waals surface area contributed by atoms with Gasteiger partial charge in [0.05, 0.1) is 5.69 Å². The van der Waals surface area contributed by atoms with Gasteiger partial charge in [-0.2, -0.15) is 4.98 Å². The number of anilines is 1. The molecule has 1 aliphatic heterocycles. The second kappa shape index (κ2) is 5.28. The Morgan fingerprint density at radius 1 is 1.33 bits per heavy atom. The number of likely N-dealkylation sites (N-methyl/N-ethyl adjacent to an activating group) is 1. The Hall–Kier alpha value is -1.07. The molecule has 0 atom stereocenters. The summed E-state index contributed by atoms with van der Waals surface area (Å²) in [5.74, 6) is 0. The van der Waals surface area contributed by atoms with Crippen molar-refractivity contribution in [2.24, 2.45) is 0 Å². The molecule has 1 aromatic heterocycles. The average Bonchev–Trinajstić information content (AvgIpc) is 3.14. The van der Waals surface area contributed by atoms with Crippen LogP contribution in [0, 0.1) is 0 Å². The van der Waals surface area contributed by atoms with E-state index in [4.69, 9.17) is 4.42 Å². The van der Waals surface area contributed by atoms with Crippen molar-refractivity contribution in [3.05, 3.63) is 12.0 Å². The number of rotatable bonds is 5. The Bertz CT molecular complexity index is 380. The molecule has 1 aromatic rings. The molecule has 5 nitrogen and oxygen atoms in total. The number of aromatic nitrogens is 1. The van der Waals surface area contributed by atoms with Crippen LogP contribution in [0.4, 0.5) is 6.01 Å². The smallest absolute Gasteiger partial charge is 0.297 e. The SMILES string of the molecule is CCN1CCN(c2nc(CNC3CC3)co2)CC1. The van der Waals surface area contributed by atoms with Gasteiger partial charge in [-0.3, -0.25) is 0 Å². The summed E-state index contributed by atoms with van der Waals surface area (Å²) in [6.07, 6.45) is 4.41. The van der Waals surface area contributed by atoms with Crippen molar-refractivity contribution < 1.29 is 4.42 Å².